The van der Waals surface area contributed by atoms with Crippen molar-refractivity contribution in [2.75, 3.05) is 12.3 Å². The number of benzene rings is 1. The second-order valence-electron chi connectivity index (χ2n) is 6.67. The van der Waals surface area contributed by atoms with Crippen molar-refractivity contribution < 1.29 is 0 Å². The minimum Gasteiger partial charge on any atom is -0.399 e. The van der Waals surface area contributed by atoms with E-state index in [1.54, 1.807) is 0 Å². The zero-order valence-corrected chi connectivity index (χ0v) is 12.8. The number of likely N-dealkylation sites (tertiary alicyclic amines) is 1. The summed E-state index contributed by atoms with van der Waals surface area (Å²) >= 11 is 0. The van der Waals surface area contributed by atoms with Crippen LogP contribution >= 0.6 is 0 Å². The summed E-state index contributed by atoms with van der Waals surface area (Å²) in [6, 6.07) is 9.87. The average Bonchev–Trinajstić information content (AvgIpc) is 2.70. The Morgan fingerprint density at radius 1 is 1.21 bits per heavy atom. The summed E-state index contributed by atoms with van der Waals surface area (Å²) in [5.41, 5.74) is 8.20. The minimum absolute atomic E-state index is 0.180. The van der Waals surface area contributed by atoms with E-state index in [4.69, 9.17) is 5.73 Å². The summed E-state index contributed by atoms with van der Waals surface area (Å²) in [6.45, 7) is 10.5. The van der Waals surface area contributed by atoms with E-state index in [1.807, 2.05) is 12.1 Å². The third-order valence-corrected chi connectivity index (χ3v) is 4.69. The van der Waals surface area contributed by atoms with Crippen molar-refractivity contribution in [1.82, 2.24) is 4.90 Å². The van der Waals surface area contributed by atoms with Gasteiger partial charge in [0.1, 0.15) is 0 Å². The number of rotatable bonds is 4. The van der Waals surface area contributed by atoms with E-state index in [9.17, 15) is 0 Å². The second kappa shape index (κ2) is 5.54. The Balaban J connectivity index is 2.13. The molecule has 2 unspecified atom stereocenters. The van der Waals surface area contributed by atoms with Gasteiger partial charge in [-0.15, -0.1) is 0 Å². The van der Waals surface area contributed by atoms with E-state index in [0.29, 0.717) is 0 Å². The summed E-state index contributed by atoms with van der Waals surface area (Å²) < 4.78 is 0. The van der Waals surface area contributed by atoms with Crippen LogP contribution in [-0.2, 0) is 5.41 Å². The predicted octanol–water partition coefficient (Wildman–Crippen LogP) is 3.81. The van der Waals surface area contributed by atoms with Crippen molar-refractivity contribution in [2.45, 2.75) is 64.5 Å². The van der Waals surface area contributed by atoms with E-state index >= 15 is 0 Å². The summed E-state index contributed by atoms with van der Waals surface area (Å²) in [5.74, 6) is 0. The Morgan fingerprint density at radius 3 is 2.42 bits per heavy atom. The molecule has 19 heavy (non-hydrogen) atoms. The zero-order chi connectivity index (χ0) is 14.0. The van der Waals surface area contributed by atoms with Crippen molar-refractivity contribution in [2.24, 2.45) is 0 Å². The predicted molar refractivity (Wildman–Crippen MR) is 83.4 cm³/mol. The lowest BCUT2D eigenvalue weighted by atomic mass is 9.83. The standard InChI is InChI=1S/C17H28N2/c1-5-16-11-6-13(2)19(16)12-17(3,4)14-7-9-15(18)10-8-14/h7-10,13,16H,5-6,11-12,18H2,1-4H3. The monoisotopic (exact) mass is 260 g/mol. The van der Waals surface area contributed by atoms with Gasteiger partial charge in [-0.1, -0.05) is 32.9 Å². The van der Waals surface area contributed by atoms with Gasteiger partial charge in [0.2, 0.25) is 0 Å². The molecule has 0 saturated carbocycles. The van der Waals surface area contributed by atoms with E-state index < -0.39 is 0 Å². The van der Waals surface area contributed by atoms with Gasteiger partial charge in [0, 0.05) is 29.7 Å². The summed E-state index contributed by atoms with van der Waals surface area (Å²) in [5, 5.41) is 0. The third kappa shape index (κ3) is 3.11. The lowest BCUT2D eigenvalue weighted by Crippen LogP contribution is -2.43. The first-order chi connectivity index (χ1) is 8.94. The molecule has 0 radical (unpaired) electrons. The van der Waals surface area contributed by atoms with Gasteiger partial charge in [-0.2, -0.15) is 0 Å². The van der Waals surface area contributed by atoms with Gasteiger partial charge in [0.05, 0.1) is 0 Å². The van der Waals surface area contributed by atoms with Gasteiger partial charge in [0.25, 0.3) is 0 Å². The molecule has 2 rings (SSSR count). The Labute approximate surface area is 118 Å². The van der Waals surface area contributed by atoms with Crippen LogP contribution in [0.1, 0.15) is 52.5 Å². The second-order valence-corrected chi connectivity index (χ2v) is 6.67. The Morgan fingerprint density at radius 2 is 1.84 bits per heavy atom. The fourth-order valence-corrected chi connectivity index (χ4v) is 3.33. The minimum atomic E-state index is 0.180. The number of nitrogens with zero attached hydrogens (tertiary/aromatic N) is 1. The summed E-state index contributed by atoms with van der Waals surface area (Å²) in [7, 11) is 0. The molecular formula is C17H28N2. The highest BCUT2D eigenvalue weighted by atomic mass is 15.2. The van der Waals surface area contributed by atoms with Crippen molar-refractivity contribution in [3.63, 3.8) is 0 Å². The Bertz CT molecular complexity index is 408. The molecule has 2 N–H and O–H groups in total. The van der Waals surface area contributed by atoms with Gasteiger partial charge in [-0.3, -0.25) is 4.90 Å². The highest BCUT2D eigenvalue weighted by Gasteiger charge is 2.34. The molecule has 106 valence electrons. The quantitative estimate of drug-likeness (QED) is 0.834. The van der Waals surface area contributed by atoms with Crippen LogP contribution in [0.3, 0.4) is 0 Å². The van der Waals surface area contributed by atoms with Crippen molar-refractivity contribution in [3.8, 4) is 0 Å². The highest BCUT2D eigenvalue weighted by Crippen LogP contribution is 2.32. The number of nitrogens with two attached hydrogens (primary N) is 1. The number of nitrogen functional groups attached to an aromatic ring is 1. The van der Waals surface area contributed by atoms with Crippen LogP contribution in [0.2, 0.25) is 0 Å². The zero-order valence-electron chi connectivity index (χ0n) is 12.8. The maximum absolute atomic E-state index is 5.79. The van der Waals surface area contributed by atoms with Crippen molar-refractivity contribution in [3.05, 3.63) is 29.8 Å². The largest absolute Gasteiger partial charge is 0.399 e. The molecule has 0 aromatic heterocycles. The summed E-state index contributed by atoms with van der Waals surface area (Å²) in [6.07, 6.45) is 3.97. The maximum atomic E-state index is 5.79. The molecule has 0 bridgehead atoms. The normalized spacial score (nSPS) is 24.8. The molecule has 1 aromatic carbocycles. The van der Waals surface area contributed by atoms with Crippen LogP contribution in [0.4, 0.5) is 5.69 Å². The lowest BCUT2D eigenvalue weighted by Gasteiger charge is -2.36. The van der Waals surface area contributed by atoms with E-state index in [-0.39, 0.29) is 5.41 Å². The van der Waals surface area contributed by atoms with Crippen LogP contribution in [0, 0.1) is 0 Å². The molecule has 1 aliphatic heterocycles. The molecule has 0 aliphatic carbocycles. The van der Waals surface area contributed by atoms with Crippen molar-refractivity contribution in [1.29, 1.82) is 0 Å². The first kappa shape index (κ1) is 14.4. The van der Waals surface area contributed by atoms with Crippen LogP contribution in [0.15, 0.2) is 24.3 Å². The van der Waals surface area contributed by atoms with E-state index in [2.05, 4.69) is 44.7 Å². The maximum Gasteiger partial charge on any atom is 0.0314 e. The smallest absolute Gasteiger partial charge is 0.0314 e. The molecule has 1 aliphatic rings. The number of hydrogen-bond donors (Lipinski definition) is 1. The van der Waals surface area contributed by atoms with Crippen LogP contribution < -0.4 is 5.73 Å². The van der Waals surface area contributed by atoms with Crippen LogP contribution in [0.25, 0.3) is 0 Å². The van der Waals surface area contributed by atoms with E-state index in [1.165, 1.54) is 24.8 Å². The first-order valence-corrected chi connectivity index (χ1v) is 7.56. The fourth-order valence-electron chi connectivity index (χ4n) is 3.33. The molecule has 1 heterocycles. The molecule has 0 amide bonds. The SMILES string of the molecule is CCC1CCC(C)N1CC(C)(C)c1ccc(N)cc1. The Hall–Kier alpha value is -1.02. The fraction of sp³-hybridized carbons (Fsp3) is 0.647. The van der Waals surface area contributed by atoms with Gasteiger partial charge in [0.15, 0.2) is 0 Å². The molecule has 1 saturated heterocycles. The molecule has 2 heteroatoms. The van der Waals surface area contributed by atoms with Crippen LogP contribution in [0.5, 0.6) is 0 Å². The van der Waals surface area contributed by atoms with Crippen molar-refractivity contribution >= 4 is 5.69 Å². The number of anilines is 1. The average molecular weight is 260 g/mol. The van der Waals surface area contributed by atoms with E-state index in [0.717, 1.165) is 24.3 Å². The lowest BCUT2D eigenvalue weighted by molar-refractivity contribution is 0.162. The molecule has 1 aromatic rings. The third-order valence-electron chi connectivity index (χ3n) is 4.69. The van der Waals surface area contributed by atoms with Gasteiger partial charge in [-0.25, -0.2) is 0 Å². The molecule has 2 atom stereocenters. The molecule has 0 spiro atoms. The highest BCUT2D eigenvalue weighted by molar-refractivity contribution is 5.41. The summed E-state index contributed by atoms with van der Waals surface area (Å²) in [4.78, 5) is 2.70. The molecule has 1 fully saturated rings. The molecular weight excluding hydrogens is 232 g/mol. The molecule has 2 nitrogen and oxygen atoms in total. The number of hydrogen-bond acceptors (Lipinski definition) is 2. The van der Waals surface area contributed by atoms with Crippen LogP contribution in [-0.4, -0.2) is 23.5 Å². The van der Waals surface area contributed by atoms with Gasteiger partial charge < -0.3 is 5.73 Å². The first-order valence-electron chi connectivity index (χ1n) is 7.56. The van der Waals surface area contributed by atoms with Gasteiger partial charge in [-0.05, 0) is 43.9 Å². The van der Waals surface area contributed by atoms with Gasteiger partial charge >= 0.3 is 0 Å². The Kier molecular flexibility index (Phi) is 4.19. The topological polar surface area (TPSA) is 29.3 Å².